The van der Waals surface area contributed by atoms with E-state index >= 15 is 0 Å². The topological polar surface area (TPSA) is 96.7 Å². The molecule has 0 spiro atoms. The quantitative estimate of drug-likeness (QED) is 0.766. The van der Waals surface area contributed by atoms with E-state index in [1.165, 1.54) is 4.90 Å². The molecule has 0 saturated carbocycles. The van der Waals surface area contributed by atoms with Crippen LogP contribution in [0.15, 0.2) is 24.3 Å². The van der Waals surface area contributed by atoms with Crippen LogP contribution >= 0.6 is 0 Å². The molecule has 1 aliphatic rings. The lowest BCUT2D eigenvalue weighted by atomic mass is 9.88. The summed E-state index contributed by atoms with van der Waals surface area (Å²) in [6.07, 6.45) is 0.708. The minimum absolute atomic E-state index is 0.218. The van der Waals surface area contributed by atoms with Crippen LogP contribution in [0.2, 0.25) is 0 Å². The molecule has 7 heteroatoms. The first-order valence-electron chi connectivity index (χ1n) is 7.21. The largest absolute Gasteiger partial charge is 0.414 e. The van der Waals surface area contributed by atoms with Gasteiger partial charge in [-0.2, -0.15) is 0 Å². The van der Waals surface area contributed by atoms with Gasteiger partial charge in [-0.15, -0.1) is 0 Å². The predicted octanol–water partition coefficient (Wildman–Crippen LogP) is 0.766. The molecule has 120 valence electrons. The average Bonchev–Trinajstić information content (AvgIpc) is 2.48. The van der Waals surface area contributed by atoms with Crippen LogP contribution in [0.25, 0.3) is 0 Å². The third-order valence-corrected chi connectivity index (χ3v) is 3.61. The number of anilines is 1. The van der Waals surface area contributed by atoms with Gasteiger partial charge in [-0.05, 0) is 38.1 Å². The molecule has 0 atom stereocenters. The highest BCUT2D eigenvalue weighted by atomic mass is 16.6. The lowest BCUT2D eigenvalue weighted by Gasteiger charge is -2.32. The monoisotopic (exact) mass is 306 g/mol. The second-order valence-electron chi connectivity index (χ2n) is 5.65. The summed E-state index contributed by atoms with van der Waals surface area (Å²) in [6, 6.07) is 6.69. The van der Waals surface area contributed by atoms with Gasteiger partial charge in [-0.3, -0.25) is 4.79 Å². The summed E-state index contributed by atoms with van der Waals surface area (Å²) in [5.41, 5.74) is 5.86. The minimum Gasteiger partial charge on any atom is -0.410 e. The highest BCUT2D eigenvalue weighted by molar-refractivity contribution is 5.98. The lowest BCUT2D eigenvalue weighted by molar-refractivity contribution is -0.122. The zero-order chi connectivity index (χ0) is 16.2. The number of nitrogens with two attached hydrogens (primary N) is 1. The predicted molar refractivity (Wildman–Crippen MR) is 83.8 cm³/mol. The Morgan fingerprint density at radius 3 is 2.64 bits per heavy atom. The van der Waals surface area contributed by atoms with Gasteiger partial charge in [0.15, 0.2) is 0 Å². The lowest BCUT2D eigenvalue weighted by Crippen LogP contribution is -2.56. The van der Waals surface area contributed by atoms with Crippen LogP contribution in [0, 0.1) is 0 Å². The maximum Gasteiger partial charge on any atom is 0.414 e. The third-order valence-electron chi connectivity index (χ3n) is 3.61. The molecule has 0 bridgehead atoms. The first-order valence-corrected chi connectivity index (χ1v) is 7.21. The number of ether oxygens (including phenoxy) is 1. The molecule has 22 heavy (non-hydrogen) atoms. The number of carbonyl (C=O) groups is 2. The third kappa shape index (κ3) is 3.96. The van der Waals surface area contributed by atoms with Crippen molar-refractivity contribution in [2.24, 2.45) is 5.73 Å². The van der Waals surface area contributed by atoms with Crippen molar-refractivity contribution in [2.75, 3.05) is 32.5 Å². The van der Waals surface area contributed by atoms with Crippen LogP contribution in [0.3, 0.4) is 0 Å². The van der Waals surface area contributed by atoms with Gasteiger partial charge in [0.1, 0.15) is 5.75 Å². The van der Waals surface area contributed by atoms with E-state index in [-0.39, 0.29) is 5.91 Å². The number of hydrogen-bond donors (Lipinski definition) is 3. The number of carbonyl (C=O) groups excluding carboxylic acids is 2. The summed E-state index contributed by atoms with van der Waals surface area (Å²) < 4.78 is 5.16. The van der Waals surface area contributed by atoms with Crippen LogP contribution in [0.1, 0.15) is 12.8 Å². The first kappa shape index (κ1) is 16.3. The molecule has 1 heterocycles. The fourth-order valence-corrected chi connectivity index (χ4v) is 2.18. The van der Waals surface area contributed by atoms with Gasteiger partial charge in [-0.1, -0.05) is 6.07 Å². The fourth-order valence-electron chi connectivity index (χ4n) is 2.18. The number of amides is 2. The van der Waals surface area contributed by atoms with E-state index in [1.807, 2.05) is 0 Å². The molecule has 2 amide bonds. The zero-order valence-corrected chi connectivity index (χ0v) is 12.9. The number of nitrogens with one attached hydrogen (secondary N) is 2. The number of benzene rings is 1. The molecular formula is C15H22N4O3. The highest BCUT2D eigenvalue weighted by Crippen LogP contribution is 2.21. The molecule has 4 N–H and O–H groups in total. The molecule has 7 nitrogen and oxygen atoms in total. The van der Waals surface area contributed by atoms with Crippen molar-refractivity contribution in [3.05, 3.63) is 24.3 Å². The van der Waals surface area contributed by atoms with E-state index in [2.05, 4.69) is 10.6 Å². The van der Waals surface area contributed by atoms with E-state index in [9.17, 15) is 9.59 Å². The van der Waals surface area contributed by atoms with Crippen molar-refractivity contribution < 1.29 is 14.3 Å². The average molecular weight is 306 g/mol. The van der Waals surface area contributed by atoms with Crippen LogP contribution in [-0.2, 0) is 4.79 Å². The van der Waals surface area contributed by atoms with E-state index in [4.69, 9.17) is 10.5 Å². The van der Waals surface area contributed by atoms with Crippen molar-refractivity contribution in [3.63, 3.8) is 0 Å². The standard InChI is InChI=1S/C15H22N4O3/c1-19(2)14(21)22-12-5-3-4-11(10-12)18-13(20)15(16)6-8-17-9-7-15/h3-5,10,17H,6-9,16H2,1-2H3,(H,18,20). The minimum atomic E-state index is -0.860. The van der Waals surface area contributed by atoms with Gasteiger partial charge in [-0.25, -0.2) is 4.79 Å². The van der Waals surface area contributed by atoms with Gasteiger partial charge in [0, 0.05) is 25.8 Å². The SMILES string of the molecule is CN(C)C(=O)Oc1cccc(NC(=O)C2(N)CCNCC2)c1. The van der Waals surface area contributed by atoms with Gasteiger partial charge >= 0.3 is 6.09 Å². The Hall–Kier alpha value is -2.12. The Labute approximate surface area is 129 Å². The van der Waals surface area contributed by atoms with Crippen LogP contribution in [0.4, 0.5) is 10.5 Å². The van der Waals surface area contributed by atoms with Crippen molar-refractivity contribution >= 4 is 17.7 Å². The summed E-state index contributed by atoms with van der Waals surface area (Å²) in [5, 5.41) is 5.98. The van der Waals surface area contributed by atoms with Crippen molar-refractivity contribution in [2.45, 2.75) is 18.4 Å². The Morgan fingerprint density at radius 2 is 2.00 bits per heavy atom. The summed E-state index contributed by atoms with van der Waals surface area (Å²) >= 11 is 0. The Balaban J connectivity index is 2.03. The second-order valence-corrected chi connectivity index (χ2v) is 5.65. The maximum absolute atomic E-state index is 12.4. The van der Waals surface area contributed by atoms with Crippen LogP contribution < -0.4 is 21.1 Å². The van der Waals surface area contributed by atoms with Crippen molar-refractivity contribution in [1.29, 1.82) is 0 Å². The van der Waals surface area contributed by atoms with Crippen molar-refractivity contribution in [1.82, 2.24) is 10.2 Å². The Kier molecular flexibility index (Phi) is 4.99. The van der Waals surface area contributed by atoms with Crippen molar-refractivity contribution in [3.8, 4) is 5.75 Å². The number of piperidine rings is 1. The maximum atomic E-state index is 12.4. The molecule has 2 rings (SSSR count). The smallest absolute Gasteiger partial charge is 0.410 e. The van der Waals surface area contributed by atoms with Crippen LogP contribution in [-0.4, -0.2) is 49.6 Å². The molecule has 0 unspecified atom stereocenters. The molecule has 0 aliphatic carbocycles. The van der Waals surface area contributed by atoms with Crippen LogP contribution in [0.5, 0.6) is 5.75 Å². The number of hydrogen-bond acceptors (Lipinski definition) is 5. The molecule has 1 fully saturated rings. The molecular weight excluding hydrogens is 284 g/mol. The van der Waals surface area contributed by atoms with E-state index in [0.717, 1.165) is 13.1 Å². The summed E-state index contributed by atoms with van der Waals surface area (Å²) in [5.74, 6) is 0.151. The van der Waals surface area contributed by atoms with E-state index < -0.39 is 11.6 Å². The van der Waals surface area contributed by atoms with Gasteiger partial charge < -0.3 is 26.0 Å². The molecule has 0 aromatic heterocycles. The van der Waals surface area contributed by atoms with E-state index in [0.29, 0.717) is 24.3 Å². The van der Waals surface area contributed by atoms with Gasteiger partial charge in [0.05, 0.1) is 5.54 Å². The molecule has 1 aromatic carbocycles. The summed E-state index contributed by atoms with van der Waals surface area (Å²) in [7, 11) is 3.20. The van der Waals surface area contributed by atoms with E-state index in [1.54, 1.807) is 38.4 Å². The summed E-state index contributed by atoms with van der Waals surface area (Å²) in [4.78, 5) is 25.2. The fraction of sp³-hybridized carbons (Fsp3) is 0.467. The first-order chi connectivity index (χ1) is 10.4. The number of nitrogens with zero attached hydrogens (tertiary/aromatic N) is 1. The molecule has 1 aromatic rings. The van der Waals surface area contributed by atoms with Gasteiger partial charge in [0.2, 0.25) is 5.91 Å². The second kappa shape index (κ2) is 6.76. The summed E-state index contributed by atoms with van der Waals surface area (Å²) in [6.45, 7) is 1.45. The Bertz CT molecular complexity index is 553. The zero-order valence-electron chi connectivity index (χ0n) is 12.9. The molecule has 1 aliphatic heterocycles. The molecule has 0 radical (unpaired) electrons. The Morgan fingerprint density at radius 1 is 1.32 bits per heavy atom. The number of rotatable bonds is 3. The normalized spacial score (nSPS) is 16.7. The molecule has 1 saturated heterocycles. The highest BCUT2D eigenvalue weighted by Gasteiger charge is 2.35. The van der Waals surface area contributed by atoms with Gasteiger partial charge in [0.25, 0.3) is 0 Å².